The number of hydrogen-bond acceptors (Lipinski definition) is 7. The number of pyridine rings is 1. The van der Waals surface area contributed by atoms with Crippen molar-refractivity contribution in [2.75, 3.05) is 0 Å². The number of nitrogens with one attached hydrogen (secondary N) is 1. The number of para-hydroxylation sites is 2. The Morgan fingerprint density at radius 3 is 2.16 bits per heavy atom. The van der Waals surface area contributed by atoms with Gasteiger partial charge in [0.2, 0.25) is 0 Å². The molecular weight excluding hydrogens is 823 g/mol. The standard InChI is InChI=1S/C56H33N5OS2/c1-2-10-32(11-3-1)54-58-55(35-20-23-51-43(28-35)39-14-6-9-17-50(39)63-51)60-56(59-54)45-30-36(29-44-40-24-25-57-31-52(40)64-53(44)45)61-46-15-7-4-12-37(46)41-26-33(18-21-47(41)61)34-19-22-49-42(27-34)38-13-5-8-16-48(38)62-49/h1-31,55H,(H,58,59,60). The monoisotopic (exact) mass is 855 g/mol. The molecule has 0 bridgehead atoms. The molecule has 64 heavy (non-hydrogen) atoms. The highest BCUT2D eigenvalue weighted by Gasteiger charge is 2.25. The lowest BCUT2D eigenvalue weighted by molar-refractivity contribution is 0.669. The molecule has 6 nitrogen and oxygen atoms in total. The molecule has 8 aromatic carbocycles. The fourth-order valence-corrected chi connectivity index (χ4v) is 12.0. The number of aliphatic imine (C=N–C) groups is 2. The van der Waals surface area contributed by atoms with E-state index in [0.29, 0.717) is 5.84 Å². The van der Waals surface area contributed by atoms with Gasteiger partial charge in [-0.15, -0.1) is 22.7 Å². The second kappa shape index (κ2) is 13.8. The van der Waals surface area contributed by atoms with Crippen molar-refractivity contribution in [1.29, 1.82) is 0 Å². The van der Waals surface area contributed by atoms with Crippen LogP contribution < -0.4 is 5.32 Å². The lowest BCUT2D eigenvalue weighted by Crippen LogP contribution is -2.33. The Bertz CT molecular complexity index is 4130. The number of fused-ring (bicyclic) bond motifs is 12. The number of nitrogens with zero attached hydrogens (tertiary/aromatic N) is 4. The van der Waals surface area contributed by atoms with Gasteiger partial charge in [-0.3, -0.25) is 4.98 Å². The summed E-state index contributed by atoms with van der Waals surface area (Å²) in [7, 11) is 0. The van der Waals surface area contributed by atoms with Gasteiger partial charge in [-0.05, 0) is 89.5 Å². The quantitative estimate of drug-likeness (QED) is 0.187. The van der Waals surface area contributed by atoms with E-state index in [1.807, 2.05) is 41.9 Å². The Kier molecular flexibility index (Phi) is 7.69. The number of benzene rings is 8. The maximum absolute atomic E-state index is 6.19. The smallest absolute Gasteiger partial charge is 0.160 e. The Morgan fingerprint density at radius 2 is 1.23 bits per heavy atom. The molecule has 5 aromatic heterocycles. The van der Waals surface area contributed by atoms with Crippen LogP contribution >= 0.6 is 22.7 Å². The zero-order valence-corrected chi connectivity index (χ0v) is 35.6. The van der Waals surface area contributed by atoms with Gasteiger partial charge in [0.15, 0.2) is 5.84 Å². The molecule has 1 unspecified atom stereocenters. The normalized spacial score (nSPS) is 14.4. The molecule has 13 aromatic rings. The molecule has 0 fully saturated rings. The summed E-state index contributed by atoms with van der Waals surface area (Å²) in [5.41, 5.74) is 10.5. The predicted molar refractivity (Wildman–Crippen MR) is 269 cm³/mol. The molecule has 0 saturated carbocycles. The number of rotatable bonds is 5. The summed E-state index contributed by atoms with van der Waals surface area (Å²) < 4.78 is 13.4. The van der Waals surface area contributed by atoms with E-state index in [9.17, 15) is 0 Å². The Hall–Kier alpha value is -7.91. The van der Waals surface area contributed by atoms with Crippen molar-refractivity contribution in [3.8, 4) is 16.8 Å². The molecule has 0 saturated heterocycles. The fraction of sp³-hybridized carbons (Fsp3) is 0.0179. The zero-order valence-electron chi connectivity index (χ0n) is 34.0. The molecule has 0 amide bonds. The number of aromatic nitrogens is 2. The SMILES string of the molecule is c1ccc(C2=NC(c3cc(-n4c5ccccc5c5cc(-c6ccc7oc8ccccc8c7c6)ccc54)cc4c3sc3cnccc34)=NC(c3ccc4sc5ccccc5c4c3)N2)cc1. The largest absolute Gasteiger partial charge is 0.456 e. The lowest BCUT2D eigenvalue weighted by atomic mass is 10.0. The van der Waals surface area contributed by atoms with Gasteiger partial charge >= 0.3 is 0 Å². The average molecular weight is 856 g/mol. The highest BCUT2D eigenvalue weighted by molar-refractivity contribution is 7.26. The first-order valence-electron chi connectivity index (χ1n) is 21.3. The summed E-state index contributed by atoms with van der Waals surface area (Å²) in [6.07, 6.45) is 3.49. The summed E-state index contributed by atoms with van der Waals surface area (Å²) in [5, 5.41) is 13.2. The summed E-state index contributed by atoms with van der Waals surface area (Å²) in [4.78, 5) is 15.4. The summed E-state index contributed by atoms with van der Waals surface area (Å²) in [6, 6.07) is 62.9. The van der Waals surface area contributed by atoms with E-state index in [-0.39, 0.29) is 6.17 Å². The first kappa shape index (κ1) is 35.7. The van der Waals surface area contributed by atoms with Gasteiger partial charge in [0.25, 0.3) is 0 Å². The van der Waals surface area contributed by atoms with Gasteiger partial charge in [-0.25, -0.2) is 9.98 Å². The molecule has 1 N–H and O–H groups in total. The van der Waals surface area contributed by atoms with Crippen molar-refractivity contribution in [2.24, 2.45) is 9.98 Å². The van der Waals surface area contributed by atoms with Crippen LogP contribution in [0.25, 0.3) is 101 Å². The summed E-state index contributed by atoms with van der Waals surface area (Å²) >= 11 is 3.58. The molecule has 300 valence electrons. The van der Waals surface area contributed by atoms with Crippen LogP contribution in [0.4, 0.5) is 0 Å². The molecule has 6 heterocycles. The van der Waals surface area contributed by atoms with Gasteiger partial charge < -0.3 is 14.3 Å². The minimum absolute atomic E-state index is 0.369. The van der Waals surface area contributed by atoms with E-state index in [2.05, 4.69) is 173 Å². The van der Waals surface area contributed by atoms with E-state index in [1.165, 1.54) is 30.9 Å². The van der Waals surface area contributed by atoms with Gasteiger partial charge in [0.1, 0.15) is 23.2 Å². The Labute approximate surface area is 373 Å². The number of thiophene rings is 2. The first-order chi connectivity index (χ1) is 31.7. The van der Waals surface area contributed by atoms with Crippen molar-refractivity contribution in [3.05, 3.63) is 205 Å². The van der Waals surface area contributed by atoms with Crippen LogP contribution in [0.5, 0.6) is 0 Å². The van der Waals surface area contributed by atoms with Crippen molar-refractivity contribution >= 4 is 118 Å². The molecule has 14 rings (SSSR count). The molecule has 0 aliphatic carbocycles. The third-order valence-corrected chi connectivity index (χ3v) is 15.1. The number of amidine groups is 2. The van der Waals surface area contributed by atoms with Crippen molar-refractivity contribution < 1.29 is 4.42 Å². The molecular formula is C56H33N5OS2. The van der Waals surface area contributed by atoms with Crippen LogP contribution in [-0.2, 0) is 0 Å². The van der Waals surface area contributed by atoms with Crippen LogP contribution in [0.3, 0.4) is 0 Å². The van der Waals surface area contributed by atoms with Crippen molar-refractivity contribution in [1.82, 2.24) is 14.9 Å². The molecule has 1 atom stereocenters. The topological polar surface area (TPSA) is 67.7 Å². The second-order valence-electron chi connectivity index (χ2n) is 16.4. The third kappa shape index (κ3) is 5.46. The second-order valence-corrected chi connectivity index (χ2v) is 18.6. The minimum atomic E-state index is -0.369. The van der Waals surface area contributed by atoms with E-state index in [0.717, 1.165) is 92.5 Å². The van der Waals surface area contributed by atoms with Gasteiger partial charge in [0, 0.05) is 86.4 Å². The highest BCUT2D eigenvalue weighted by atomic mass is 32.1. The fourth-order valence-electron chi connectivity index (χ4n) is 9.75. The maximum Gasteiger partial charge on any atom is 0.160 e. The zero-order chi connectivity index (χ0) is 41.9. The van der Waals surface area contributed by atoms with Crippen LogP contribution in [0, 0.1) is 0 Å². The molecule has 1 aliphatic rings. The van der Waals surface area contributed by atoms with Crippen molar-refractivity contribution in [3.63, 3.8) is 0 Å². The van der Waals surface area contributed by atoms with E-state index in [4.69, 9.17) is 14.4 Å². The Balaban J connectivity index is 0.984. The molecule has 0 spiro atoms. The van der Waals surface area contributed by atoms with Crippen LogP contribution in [0.1, 0.15) is 22.9 Å². The van der Waals surface area contributed by atoms with E-state index < -0.39 is 0 Å². The molecule has 8 heteroatoms. The summed E-state index contributed by atoms with van der Waals surface area (Å²) in [5.74, 6) is 1.48. The van der Waals surface area contributed by atoms with Crippen LogP contribution in [0.15, 0.2) is 203 Å². The minimum Gasteiger partial charge on any atom is -0.456 e. The number of hydrogen-bond donors (Lipinski definition) is 1. The van der Waals surface area contributed by atoms with Gasteiger partial charge in [0.05, 0.1) is 15.7 Å². The first-order valence-corrected chi connectivity index (χ1v) is 23.0. The summed E-state index contributed by atoms with van der Waals surface area (Å²) in [6.45, 7) is 0. The number of furan rings is 1. The third-order valence-electron chi connectivity index (χ3n) is 12.7. The average Bonchev–Trinajstić information content (AvgIpc) is 4.12. The van der Waals surface area contributed by atoms with E-state index in [1.54, 1.807) is 11.3 Å². The van der Waals surface area contributed by atoms with Gasteiger partial charge in [-0.1, -0.05) is 103 Å². The molecule has 0 radical (unpaired) electrons. The Morgan fingerprint density at radius 1 is 0.500 bits per heavy atom. The van der Waals surface area contributed by atoms with Gasteiger partial charge in [-0.2, -0.15) is 0 Å². The highest BCUT2D eigenvalue weighted by Crippen LogP contribution is 2.43. The maximum atomic E-state index is 6.19. The predicted octanol–water partition coefficient (Wildman–Crippen LogP) is 15.0. The van der Waals surface area contributed by atoms with Crippen molar-refractivity contribution in [2.45, 2.75) is 6.17 Å². The lowest BCUT2D eigenvalue weighted by Gasteiger charge is -2.24. The van der Waals surface area contributed by atoms with Crippen LogP contribution in [-0.4, -0.2) is 21.2 Å². The van der Waals surface area contributed by atoms with Crippen LogP contribution in [0.2, 0.25) is 0 Å². The molecule has 1 aliphatic heterocycles. The van der Waals surface area contributed by atoms with E-state index >= 15 is 0 Å².